The Morgan fingerprint density at radius 1 is 1.00 bits per heavy atom. The molecule has 8 rings (SSSR count). The van der Waals surface area contributed by atoms with Gasteiger partial charge in [0.15, 0.2) is 11.2 Å². The molecule has 2 atom stereocenters. The number of carbonyl (C=O) groups is 1. The van der Waals surface area contributed by atoms with Crippen molar-refractivity contribution >= 4 is 28.2 Å². The zero-order valence-electron chi connectivity index (χ0n) is 31.1. The molecule has 0 amide bonds. The van der Waals surface area contributed by atoms with Crippen molar-refractivity contribution in [1.82, 2.24) is 20.2 Å². The lowest BCUT2D eigenvalue weighted by Crippen LogP contribution is -2.32. The molecular weight excluding hydrogens is 719 g/mol. The number of benzene rings is 4. The molecule has 1 unspecified atom stereocenters. The predicted octanol–water partition coefficient (Wildman–Crippen LogP) is 8.59. The maximum atomic E-state index is 13.4. The monoisotopic (exact) mass is 756 g/mol. The van der Waals surface area contributed by atoms with E-state index in [9.17, 15) is 24.1 Å². The minimum Gasteiger partial charge on any atom is -0.460 e. The summed E-state index contributed by atoms with van der Waals surface area (Å²) in [6.45, 7) is 5.36. The first kappa shape index (κ1) is 36.8. The van der Waals surface area contributed by atoms with Gasteiger partial charge >= 0.3 is 12.6 Å². The summed E-state index contributed by atoms with van der Waals surface area (Å²) in [6.07, 6.45) is 2.31. The van der Waals surface area contributed by atoms with Crippen LogP contribution in [0.15, 0.2) is 69.5 Å². The van der Waals surface area contributed by atoms with Gasteiger partial charge in [-0.2, -0.15) is 19.3 Å². The number of alkyl halides is 2. The summed E-state index contributed by atoms with van der Waals surface area (Å²) in [5.41, 5.74) is 7.91. The molecule has 2 aliphatic rings. The largest absolute Gasteiger partial charge is 0.460 e. The van der Waals surface area contributed by atoms with Gasteiger partial charge in [0.25, 0.3) is 0 Å². The number of nitrogens with one attached hydrogen (secondary N) is 1. The number of carbonyl (C=O) groups excluding carboxylic acids is 1. The van der Waals surface area contributed by atoms with Crippen LogP contribution in [0.1, 0.15) is 54.0 Å². The van der Waals surface area contributed by atoms with Gasteiger partial charge in [-0.3, -0.25) is 9.69 Å². The third kappa shape index (κ3) is 7.07. The van der Waals surface area contributed by atoms with Gasteiger partial charge in [-0.25, -0.2) is 9.97 Å². The van der Waals surface area contributed by atoms with Crippen LogP contribution in [0.5, 0.6) is 5.75 Å². The first-order valence-electron chi connectivity index (χ1n) is 18.5. The van der Waals surface area contributed by atoms with E-state index in [2.05, 4.69) is 22.4 Å². The lowest BCUT2D eigenvalue weighted by molar-refractivity contribution is -0.147. The highest BCUT2D eigenvalue weighted by Crippen LogP contribution is 2.39. The second kappa shape index (κ2) is 14.8. The fourth-order valence-electron chi connectivity index (χ4n) is 7.81. The molecule has 0 spiro atoms. The lowest BCUT2D eigenvalue weighted by atomic mass is 9.91. The van der Waals surface area contributed by atoms with Crippen LogP contribution in [-0.2, 0) is 22.7 Å². The van der Waals surface area contributed by atoms with Gasteiger partial charge in [0, 0.05) is 42.4 Å². The molecule has 2 aromatic heterocycles. The topological polar surface area (TPSA) is 150 Å². The number of oxazole rings is 2. The van der Waals surface area contributed by atoms with Gasteiger partial charge in [-0.1, -0.05) is 24.3 Å². The summed E-state index contributed by atoms with van der Waals surface area (Å²) in [6, 6.07) is 22.6. The van der Waals surface area contributed by atoms with Crippen molar-refractivity contribution in [2.75, 3.05) is 19.6 Å². The van der Waals surface area contributed by atoms with Crippen molar-refractivity contribution in [1.29, 1.82) is 10.5 Å². The van der Waals surface area contributed by atoms with E-state index in [1.54, 1.807) is 6.07 Å². The third-order valence-electron chi connectivity index (χ3n) is 10.8. The minimum absolute atomic E-state index is 0.160. The van der Waals surface area contributed by atoms with Crippen molar-refractivity contribution in [3.63, 3.8) is 0 Å². The van der Waals surface area contributed by atoms with Crippen molar-refractivity contribution in [2.24, 2.45) is 5.41 Å². The van der Waals surface area contributed by atoms with E-state index in [0.717, 1.165) is 52.8 Å². The van der Waals surface area contributed by atoms with Crippen LogP contribution in [0.3, 0.4) is 0 Å². The Kier molecular flexibility index (Phi) is 9.75. The fraction of sp³-hybridized carbons (Fsp3) is 0.326. The number of ether oxygens (including phenoxy) is 2. The zero-order valence-corrected chi connectivity index (χ0v) is 31.1. The number of nitriles is 2. The number of hydrogen-bond donors (Lipinski definition) is 1. The molecule has 0 saturated carbocycles. The van der Waals surface area contributed by atoms with Gasteiger partial charge < -0.3 is 23.6 Å². The Balaban J connectivity index is 1.09. The van der Waals surface area contributed by atoms with Crippen molar-refractivity contribution < 1.29 is 31.9 Å². The summed E-state index contributed by atoms with van der Waals surface area (Å²) in [4.78, 5) is 24.3. The van der Waals surface area contributed by atoms with Crippen LogP contribution in [0.2, 0.25) is 0 Å². The lowest BCUT2D eigenvalue weighted by Gasteiger charge is -2.17. The van der Waals surface area contributed by atoms with E-state index in [0.29, 0.717) is 59.7 Å². The normalized spacial score (nSPS) is 18.5. The average molecular weight is 757 g/mol. The Labute approximate surface area is 321 Å². The number of rotatable bonds is 10. The van der Waals surface area contributed by atoms with Gasteiger partial charge in [-0.05, 0) is 105 Å². The van der Waals surface area contributed by atoms with Gasteiger partial charge in [0.2, 0.25) is 11.8 Å². The first-order valence-corrected chi connectivity index (χ1v) is 18.5. The Morgan fingerprint density at radius 3 is 2.34 bits per heavy atom. The fourth-order valence-corrected chi connectivity index (χ4v) is 7.81. The minimum atomic E-state index is -3.10. The number of aromatic nitrogens is 2. The second-order valence-corrected chi connectivity index (χ2v) is 14.8. The van der Waals surface area contributed by atoms with Gasteiger partial charge in [-0.15, -0.1) is 0 Å². The molecule has 2 saturated heterocycles. The molecule has 4 aromatic carbocycles. The van der Waals surface area contributed by atoms with Gasteiger partial charge in [0.05, 0.1) is 17.0 Å². The predicted molar refractivity (Wildman–Crippen MR) is 203 cm³/mol. The maximum absolute atomic E-state index is 13.4. The molecule has 13 heteroatoms. The highest BCUT2D eigenvalue weighted by Gasteiger charge is 2.34. The highest BCUT2D eigenvalue weighted by atomic mass is 19.3. The maximum Gasteiger partial charge on any atom is 0.387 e. The number of likely N-dealkylation sites (tertiary alicyclic amines) is 1. The molecule has 4 heterocycles. The summed E-state index contributed by atoms with van der Waals surface area (Å²) >= 11 is 0. The summed E-state index contributed by atoms with van der Waals surface area (Å²) < 4.78 is 49.5. The number of fused-ring (bicyclic) bond motifs is 2. The highest BCUT2D eigenvalue weighted by molar-refractivity contribution is 5.86. The quantitative estimate of drug-likeness (QED) is 0.134. The van der Waals surface area contributed by atoms with Crippen LogP contribution >= 0.6 is 0 Å². The van der Waals surface area contributed by atoms with E-state index in [1.807, 2.05) is 69.3 Å². The molecule has 2 fully saturated rings. The Morgan fingerprint density at radius 2 is 1.70 bits per heavy atom. The van der Waals surface area contributed by atoms with E-state index in [4.69, 9.17) is 28.3 Å². The summed E-state index contributed by atoms with van der Waals surface area (Å²) in [5.74, 6) is 0.0636. The van der Waals surface area contributed by atoms with E-state index in [1.165, 1.54) is 6.07 Å². The molecular formula is C43H38F2N6O5. The van der Waals surface area contributed by atoms with E-state index in [-0.39, 0.29) is 34.8 Å². The summed E-state index contributed by atoms with van der Waals surface area (Å²) in [7, 11) is 0. The second-order valence-electron chi connectivity index (χ2n) is 14.8. The Bertz CT molecular complexity index is 2580. The van der Waals surface area contributed by atoms with E-state index >= 15 is 0 Å². The van der Waals surface area contributed by atoms with Crippen molar-refractivity contribution in [3.05, 3.63) is 88.5 Å². The van der Waals surface area contributed by atoms with Gasteiger partial charge in [0.1, 0.15) is 35.5 Å². The van der Waals surface area contributed by atoms with Crippen molar-refractivity contribution in [2.45, 2.75) is 65.8 Å². The summed E-state index contributed by atoms with van der Waals surface area (Å²) in [5, 5.41) is 22.7. The zero-order chi connectivity index (χ0) is 39.1. The van der Waals surface area contributed by atoms with Crippen LogP contribution < -0.4 is 10.1 Å². The Hall–Kier alpha value is -6.15. The smallest absolute Gasteiger partial charge is 0.387 e. The molecule has 2 aliphatic heterocycles. The van der Waals surface area contributed by atoms with Crippen LogP contribution in [0.4, 0.5) is 8.78 Å². The molecule has 11 nitrogen and oxygen atoms in total. The molecule has 284 valence electrons. The molecule has 56 heavy (non-hydrogen) atoms. The SMILES string of the molecule is Cc1c(-c2nc3cc(COC(=O)[C@@H]4CCCN4)c(OC(F)F)cc3o2)cccc1-c1cccc(-c2nc3cc(CN4CCC(C)(C#N)C4)cc(C#N)c3o2)c1C. The molecule has 0 bridgehead atoms. The molecule has 1 N–H and O–H groups in total. The van der Waals surface area contributed by atoms with Crippen LogP contribution in [0.25, 0.3) is 56.2 Å². The van der Waals surface area contributed by atoms with Crippen LogP contribution in [0, 0.1) is 41.9 Å². The molecule has 0 aliphatic carbocycles. The third-order valence-corrected chi connectivity index (χ3v) is 10.8. The van der Waals surface area contributed by atoms with Crippen molar-refractivity contribution in [3.8, 4) is 51.9 Å². The number of halogens is 2. The average Bonchev–Trinajstić information content (AvgIpc) is 4.01. The molecule has 0 radical (unpaired) electrons. The first-order chi connectivity index (χ1) is 27.0. The van der Waals surface area contributed by atoms with E-state index < -0.39 is 18.6 Å². The van der Waals surface area contributed by atoms with Crippen LogP contribution in [-0.4, -0.2) is 53.1 Å². The number of hydrogen-bond acceptors (Lipinski definition) is 11. The standard InChI is InChI=1S/C43H38F2N6O5/c1-24-29(7-4-9-31(24)39-49-34-17-28(21-53-41(52)33-11-6-13-48-33)36(55-42(44)45)18-37(34)54-39)30-8-5-10-32(25(30)2)40-50-35-16-26(15-27(19-46)38(35)56-40)20-51-14-12-43(3,22-47)23-51/h4-5,7-10,15-18,33,42,48H,6,11-14,20-21,23H2,1-3H3/t33-,43?/m0/s1. The number of esters is 1. The number of nitrogens with zero attached hydrogens (tertiary/aromatic N) is 5. The molecule has 6 aromatic rings.